The molecule has 1 N–H and O–H groups in total. The molecule has 1 aromatic heterocycles. The highest BCUT2D eigenvalue weighted by Crippen LogP contribution is 2.18. The zero-order chi connectivity index (χ0) is 21.9. The number of imidazole rings is 1. The maximum atomic E-state index is 12.5. The second-order valence-electron chi connectivity index (χ2n) is 7.49. The van der Waals surface area contributed by atoms with Gasteiger partial charge >= 0.3 is 0 Å². The zero-order valence-corrected chi connectivity index (χ0v) is 18.6. The highest BCUT2D eigenvalue weighted by atomic mass is 32.2. The second-order valence-corrected chi connectivity index (χ2v) is 9.49. The number of hydrogen-bond donors (Lipinski definition) is 1. The van der Waals surface area contributed by atoms with Crippen molar-refractivity contribution in [2.75, 3.05) is 7.05 Å². The molecule has 0 saturated carbocycles. The van der Waals surface area contributed by atoms with Crippen molar-refractivity contribution in [3.63, 3.8) is 0 Å². The first-order valence-corrected chi connectivity index (χ1v) is 11.5. The number of sulfonamides is 1. The van der Waals surface area contributed by atoms with Gasteiger partial charge in [-0.3, -0.25) is 4.79 Å². The number of carbonyl (C=O) groups excluding carboxylic acids is 1. The van der Waals surface area contributed by atoms with Crippen LogP contribution in [0.15, 0.2) is 53.4 Å². The largest absolute Gasteiger partial charge is 0.350 e. The third-order valence-electron chi connectivity index (χ3n) is 5.17. The molecule has 0 atom stereocenters. The highest BCUT2D eigenvalue weighted by Gasteiger charge is 2.22. The van der Waals surface area contributed by atoms with Crippen LogP contribution in [0.1, 0.15) is 32.2 Å². The van der Waals surface area contributed by atoms with Gasteiger partial charge in [-0.2, -0.15) is 4.31 Å². The Balaban J connectivity index is 1.66. The Morgan fingerprint density at radius 3 is 2.43 bits per heavy atom. The van der Waals surface area contributed by atoms with Crippen LogP contribution in [0.25, 0.3) is 11.0 Å². The van der Waals surface area contributed by atoms with Gasteiger partial charge in [0.25, 0.3) is 0 Å². The lowest BCUT2D eigenvalue weighted by Crippen LogP contribution is -2.33. The van der Waals surface area contributed by atoms with Crippen molar-refractivity contribution in [1.29, 1.82) is 0 Å². The Kier molecular flexibility index (Phi) is 6.58. The van der Waals surface area contributed by atoms with Crippen LogP contribution in [0.5, 0.6) is 0 Å². The van der Waals surface area contributed by atoms with Crippen molar-refractivity contribution >= 4 is 27.0 Å². The molecule has 0 aliphatic rings. The van der Waals surface area contributed by atoms with Gasteiger partial charge in [-0.15, -0.1) is 0 Å². The fourth-order valence-electron chi connectivity index (χ4n) is 3.19. The lowest BCUT2D eigenvalue weighted by Gasteiger charge is -2.21. The molecule has 1 amide bonds. The predicted octanol–water partition coefficient (Wildman–Crippen LogP) is 2.94. The summed E-state index contributed by atoms with van der Waals surface area (Å²) in [4.78, 5) is 17.3. The van der Waals surface area contributed by atoms with Gasteiger partial charge in [-0.05, 0) is 43.7 Å². The number of benzene rings is 2. The van der Waals surface area contributed by atoms with Gasteiger partial charge in [0.2, 0.25) is 15.9 Å². The van der Waals surface area contributed by atoms with Crippen LogP contribution < -0.4 is 5.32 Å². The number of aryl methyl sites for hydroxylation is 1. The van der Waals surface area contributed by atoms with E-state index in [9.17, 15) is 13.2 Å². The van der Waals surface area contributed by atoms with Crippen molar-refractivity contribution in [3.05, 3.63) is 59.9 Å². The Labute approximate surface area is 177 Å². The minimum Gasteiger partial charge on any atom is -0.350 e. The standard InChI is InChI=1S/C22H28N4O3S/c1-5-21-24-19-8-6-7-9-20(19)26(21)15-22(27)23-14-17-10-12-18(13-11-17)30(28,29)25(4)16(2)3/h6-13,16H,5,14-15H2,1-4H3,(H,23,27). The lowest BCUT2D eigenvalue weighted by molar-refractivity contribution is -0.121. The van der Waals surface area contributed by atoms with E-state index in [-0.39, 0.29) is 23.4 Å². The van der Waals surface area contributed by atoms with Crippen LogP contribution in [0, 0.1) is 0 Å². The molecule has 0 saturated heterocycles. The van der Waals surface area contributed by atoms with E-state index in [1.165, 1.54) is 4.31 Å². The maximum Gasteiger partial charge on any atom is 0.243 e. The summed E-state index contributed by atoms with van der Waals surface area (Å²) in [6, 6.07) is 14.3. The molecular formula is C22H28N4O3S. The van der Waals surface area contributed by atoms with Gasteiger partial charge < -0.3 is 9.88 Å². The number of fused-ring (bicyclic) bond motifs is 1. The molecule has 0 fully saturated rings. The molecule has 1 heterocycles. The first-order chi connectivity index (χ1) is 14.2. The van der Waals surface area contributed by atoms with Crippen molar-refractivity contribution in [2.45, 2.75) is 51.2 Å². The minimum atomic E-state index is -3.51. The van der Waals surface area contributed by atoms with Crippen LogP contribution in [0.2, 0.25) is 0 Å². The maximum absolute atomic E-state index is 12.5. The van der Waals surface area contributed by atoms with Gasteiger partial charge in [0.1, 0.15) is 12.4 Å². The summed E-state index contributed by atoms with van der Waals surface area (Å²) >= 11 is 0. The molecule has 30 heavy (non-hydrogen) atoms. The fourth-order valence-corrected chi connectivity index (χ4v) is 4.56. The smallest absolute Gasteiger partial charge is 0.243 e. The molecule has 0 bridgehead atoms. The third-order valence-corrected chi connectivity index (χ3v) is 7.22. The number of rotatable bonds is 8. The summed E-state index contributed by atoms with van der Waals surface area (Å²) in [5.41, 5.74) is 2.65. The number of nitrogens with zero attached hydrogens (tertiary/aromatic N) is 3. The molecule has 0 radical (unpaired) electrons. The van der Waals surface area contributed by atoms with Gasteiger partial charge in [-0.25, -0.2) is 13.4 Å². The average Bonchev–Trinajstić information content (AvgIpc) is 3.09. The third kappa shape index (κ3) is 4.55. The molecule has 2 aromatic carbocycles. The number of hydrogen-bond acceptors (Lipinski definition) is 4. The number of amides is 1. The van der Waals surface area contributed by atoms with Crippen LogP contribution in [0.3, 0.4) is 0 Å². The van der Waals surface area contributed by atoms with E-state index in [0.717, 1.165) is 28.8 Å². The number of aromatic nitrogens is 2. The Bertz CT molecular complexity index is 1130. The molecule has 0 unspecified atom stereocenters. The van der Waals surface area contributed by atoms with Gasteiger partial charge in [0, 0.05) is 26.1 Å². The van der Waals surface area contributed by atoms with Gasteiger partial charge in [-0.1, -0.05) is 31.2 Å². The van der Waals surface area contributed by atoms with Crippen molar-refractivity contribution in [3.8, 4) is 0 Å². The summed E-state index contributed by atoms with van der Waals surface area (Å²) in [5.74, 6) is 0.749. The van der Waals surface area contributed by atoms with Crippen molar-refractivity contribution in [2.24, 2.45) is 0 Å². The van der Waals surface area contributed by atoms with E-state index in [0.29, 0.717) is 6.54 Å². The predicted molar refractivity (Wildman–Crippen MR) is 117 cm³/mol. The molecule has 8 heteroatoms. The molecule has 0 spiro atoms. The zero-order valence-electron chi connectivity index (χ0n) is 17.8. The quantitative estimate of drug-likeness (QED) is 0.598. The molecule has 0 aliphatic heterocycles. The highest BCUT2D eigenvalue weighted by molar-refractivity contribution is 7.89. The van der Waals surface area contributed by atoms with E-state index >= 15 is 0 Å². The van der Waals surface area contributed by atoms with Crippen LogP contribution >= 0.6 is 0 Å². The van der Waals surface area contributed by atoms with E-state index in [4.69, 9.17) is 0 Å². The first-order valence-electron chi connectivity index (χ1n) is 10.0. The van der Waals surface area contributed by atoms with Crippen LogP contribution in [0.4, 0.5) is 0 Å². The molecule has 3 aromatic rings. The van der Waals surface area contributed by atoms with E-state index < -0.39 is 10.0 Å². The van der Waals surface area contributed by atoms with E-state index in [1.54, 1.807) is 31.3 Å². The summed E-state index contributed by atoms with van der Waals surface area (Å²) in [6.45, 7) is 6.19. The molecular weight excluding hydrogens is 400 g/mol. The summed E-state index contributed by atoms with van der Waals surface area (Å²) in [5, 5.41) is 2.91. The average molecular weight is 429 g/mol. The molecule has 0 aliphatic carbocycles. The molecule has 3 rings (SSSR count). The Hall–Kier alpha value is -2.71. The summed E-state index contributed by atoms with van der Waals surface area (Å²) < 4.78 is 28.4. The summed E-state index contributed by atoms with van der Waals surface area (Å²) in [6.07, 6.45) is 0.739. The normalized spacial score (nSPS) is 12.1. The van der Waals surface area contributed by atoms with Gasteiger partial charge in [0.15, 0.2) is 0 Å². The first kappa shape index (κ1) is 22.0. The monoisotopic (exact) mass is 428 g/mol. The summed E-state index contributed by atoms with van der Waals surface area (Å²) in [7, 11) is -1.95. The number of nitrogens with one attached hydrogen (secondary N) is 1. The van der Waals surface area contributed by atoms with Crippen LogP contribution in [-0.4, -0.2) is 41.3 Å². The second kappa shape index (κ2) is 8.97. The topological polar surface area (TPSA) is 84.3 Å². The van der Waals surface area contributed by atoms with Crippen LogP contribution in [-0.2, 0) is 34.3 Å². The number of carbonyl (C=O) groups is 1. The van der Waals surface area contributed by atoms with Gasteiger partial charge in [0.05, 0.1) is 15.9 Å². The van der Waals surface area contributed by atoms with E-state index in [1.807, 2.05) is 49.6 Å². The Morgan fingerprint density at radius 1 is 1.13 bits per heavy atom. The minimum absolute atomic E-state index is 0.121. The van der Waals surface area contributed by atoms with Crippen molar-refractivity contribution in [1.82, 2.24) is 19.2 Å². The SMILES string of the molecule is CCc1nc2ccccc2n1CC(=O)NCc1ccc(S(=O)(=O)N(C)C(C)C)cc1. The Morgan fingerprint density at radius 2 is 1.80 bits per heavy atom. The van der Waals surface area contributed by atoms with Crippen molar-refractivity contribution < 1.29 is 13.2 Å². The molecule has 7 nitrogen and oxygen atoms in total. The van der Waals surface area contributed by atoms with E-state index in [2.05, 4.69) is 10.3 Å². The molecule has 160 valence electrons. The fraction of sp³-hybridized carbons (Fsp3) is 0.364. The lowest BCUT2D eigenvalue weighted by atomic mass is 10.2. The number of para-hydroxylation sites is 2.